The first-order valence-electron chi connectivity index (χ1n) is 8.33. The number of nitrogens with one attached hydrogen (secondary N) is 1. The van der Waals surface area contributed by atoms with E-state index in [1.807, 2.05) is 7.11 Å². The molecule has 2 aliphatic rings. The molecular formula is C16H32N2O. The summed E-state index contributed by atoms with van der Waals surface area (Å²) in [6, 6.07) is 0.821. The number of nitrogens with zero attached hydrogens (tertiary/aromatic N) is 1. The summed E-state index contributed by atoms with van der Waals surface area (Å²) in [5.74, 6) is 0.807. The van der Waals surface area contributed by atoms with Gasteiger partial charge in [0.25, 0.3) is 0 Å². The van der Waals surface area contributed by atoms with Crippen LogP contribution < -0.4 is 5.32 Å². The van der Waals surface area contributed by atoms with Crippen LogP contribution in [0.5, 0.6) is 0 Å². The minimum atomic E-state index is 0.807. The highest BCUT2D eigenvalue weighted by Crippen LogP contribution is 2.18. The van der Waals surface area contributed by atoms with Crippen molar-refractivity contribution in [3.8, 4) is 0 Å². The van der Waals surface area contributed by atoms with Gasteiger partial charge in [0.15, 0.2) is 0 Å². The molecule has 0 atom stereocenters. The molecule has 1 aliphatic carbocycles. The maximum absolute atomic E-state index is 5.25. The molecule has 0 spiro atoms. The molecule has 1 saturated carbocycles. The van der Waals surface area contributed by atoms with Crippen LogP contribution in [-0.2, 0) is 4.74 Å². The van der Waals surface area contributed by atoms with Crippen molar-refractivity contribution >= 4 is 0 Å². The quantitative estimate of drug-likeness (QED) is 0.718. The highest BCUT2D eigenvalue weighted by molar-refractivity contribution is 4.74. The van der Waals surface area contributed by atoms with Gasteiger partial charge in [0, 0.05) is 19.8 Å². The summed E-state index contributed by atoms with van der Waals surface area (Å²) in [6.45, 7) is 5.99. The topological polar surface area (TPSA) is 24.5 Å². The lowest BCUT2D eigenvalue weighted by molar-refractivity contribution is 0.0989. The average molecular weight is 268 g/mol. The van der Waals surface area contributed by atoms with Gasteiger partial charge in [-0.2, -0.15) is 0 Å². The van der Waals surface area contributed by atoms with Gasteiger partial charge in [-0.15, -0.1) is 0 Å². The van der Waals surface area contributed by atoms with E-state index in [0.29, 0.717) is 0 Å². The van der Waals surface area contributed by atoms with Gasteiger partial charge >= 0.3 is 0 Å². The second-order valence-corrected chi connectivity index (χ2v) is 6.38. The third kappa shape index (κ3) is 5.80. The fourth-order valence-electron chi connectivity index (χ4n) is 3.53. The van der Waals surface area contributed by atoms with Crippen LogP contribution in [-0.4, -0.2) is 50.8 Å². The van der Waals surface area contributed by atoms with E-state index in [9.17, 15) is 0 Å². The van der Waals surface area contributed by atoms with Gasteiger partial charge in [-0.3, -0.25) is 0 Å². The molecule has 0 unspecified atom stereocenters. The third-order valence-corrected chi connectivity index (χ3v) is 4.80. The fourth-order valence-corrected chi connectivity index (χ4v) is 3.53. The third-order valence-electron chi connectivity index (χ3n) is 4.80. The Morgan fingerprint density at radius 1 is 1.05 bits per heavy atom. The Balaban J connectivity index is 1.47. The normalized spacial score (nSPS) is 23.8. The molecule has 2 fully saturated rings. The summed E-state index contributed by atoms with van der Waals surface area (Å²) in [4.78, 5) is 2.63. The predicted molar refractivity (Wildman–Crippen MR) is 80.5 cm³/mol. The molecule has 1 heterocycles. The largest absolute Gasteiger partial charge is 0.384 e. The Morgan fingerprint density at radius 2 is 1.79 bits per heavy atom. The van der Waals surface area contributed by atoms with Gasteiger partial charge in [-0.1, -0.05) is 19.3 Å². The van der Waals surface area contributed by atoms with Crippen LogP contribution >= 0.6 is 0 Å². The lowest BCUT2D eigenvalue weighted by Crippen LogP contribution is -2.38. The summed E-state index contributed by atoms with van der Waals surface area (Å²) in [5, 5.41) is 3.74. The molecule has 0 bridgehead atoms. The van der Waals surface area contributed by atoms with E-state index >= 15 is 0 Å². The monoisotopic (exact) mass is 268 g/mol. The molecule has 1 saturated heterocycles. The van der Waals surface area contributed by atoms with E-state index in [4.69, 9.17) is 4.74 Å². The van der Waals surface area contributed by atoms with Crippen LogP contribution in [0.1, 0.15) is 51.4 Å². The van der Waals surface area contributed by atoms with Crippen molar-refractivity contribution in [1.82, 2.24) is 10.2 Å². The van der Waals surface area contributed by atoms with Crippen molar-refractivity contribution < 1.29 is 4.74 Å². The Labute approximate surface area is 119 Å². The zero-order valence-corrected chi connectivity index (χ0v) is 12.7. The van der Waals surface area contributed by atoms with Crippen LogP contribution in [0.15, 0.2) is 0 Å². The zero-order chi connectivity index (χ0) is 13.3. The van der Waals surface area contributed by atoms with E-state index in [-0.39, 0.29) is 0 Å². The number of ether oxygens (including phenoxy) is 1. The Hall–Kier alpha value is -0.120. The number of piperidine rings is 1. The maximum Gasteiger partial charge on any atom is 0.0491 e. The summed E-state index contributed by atoms with van der Waals surface area (Å²) < 4.78 is 5.25. The molecule has 0 radical (unpaired) electrons. The molecule has 2 rings (SSSR count). The lowest BCUT2D eigenvalue weighted by atomic mass is 9.95. The van der Waals surface area contributed by atoms with Gasteiger partial charge in [0.2, 0.25) is 0 Å². The van der Waals surface area contributed by atoms with E-state index in [1.165, 1.54) is 77.5 Å². The molecule has 3 nitrogen and oxygen atoms in total. The van der Waals surface area contributed by atoms with Gasteiger partial charge in [0.1, 0.15) is 0 Å². The number of methoxy groups -OCH3 is 1. The van der Waals surface area contributed by atoms with Crippen molar-refractivity contribution in [2.75, 3.05) is 39.9 Å². The second kappa shape index (κ2) is 8.93. The molecule has 3 heteroatoms. The van der Waals surface area contributed by atoms with Crippen LogP contribution in [0.3, 0.4) is 0 Å². The van der Waals surface area contributed by atoms with E-state index < -0.39 is 0 Å². The van der Waals surface area contributed by atoms with Crippen molar-refractivity contribution in [2.45, 2.75) is 57.4 Å². The average Bonchev–Trinajstić information content (AvgIpc) is 2.47. The first-order chi connectivity index (χ1) is 9.38. The van der Waals surface area contributed by atoms with Gasteiger partial charge in [-0.05, 0) is 64.2 Å². The van der Waals surface area contributed by atoms with Crippen LogP contribution in [0.4, 0.5) is 0 Å². The standard InChI is InChI=1S/C16H32N2O/c1-19-14-15-8-12-18(13-9-15)11-5-10-17-16-6-3-2-4-7-16/h15-17H,2-14H2,1H3. The van der Waals surface area contributed by atoms with E-state index in [2.05, 4.69) is 10.2 Å². The molecule has 19 heavy (non-hydrogen) atoms. The number of likely N-dealkylation sites (tertiary alicyclic amines) is 1. The first-order valence-corrected chi connectivity index (χ1v) is 8.33. The van der Waals surface area contributed by atoms with Crippen LogP contribution in [0.25, 0.3) is 0 Å². The summed E-state index contributed by atoms with van der Waals surface area (Å²) >= 11 is 0. The van der Waals surface area contributed by atoms with Crippen molar-refractivity contribution in [2.24, 2.45) is 5.92 Å². The highest BCUT2D eigenvalue weighted by Gasteiger charge is 2.18. The number of hydrogen-bond donors (Lipinski definition) is 1. The summed E-state index contributed by atoms with van der Waals surface area (Å²) in [7, 11) is 1.82. The predicted octanol–water partition coefficient (Wildman–Crippen LogP) is 2.66. The van der Waals surface area contributed by atoms with Gasteiger partial charge in [0.05, 0.1) is 0 Å². The van der Waals surface area contributed by atoms with E-state index in [0.717, 1.165) is 18.6 Å². The minimum absolute atomic E-state index is 0.807. The second-order valence-electron chi connectivity index (χ2n) is 6.38. The lowest BCUT2D eigenvalue weighted by Gasteiger charge is -2.31. The van der Waals surface area contributed by atoms with Crippen molar-refractivity contribution in [3.05, 3.63) is 0 Å². The molecule has 0 aromatic carbocycles. The molecule has 0 aromatic heterocycles. The Morgan fingerprint density at radius 3 is 2.47 bits per heavy atom. The van der Waals surface area contributed by atoms with Crippen molar-refractivity contribution in [3.63, 3.8) is 0 Å². The highest BCUT2D eigenvalue weighted by atomic mass is 16.5. The first kappa shape index (κ1) is 15.3. The van der Waals surface area contributed by atoms with Gasteiger partial charge in [-0.25, -0.2) is 0 Å². The Bertz CT molecular complexity index is 221. The summed E-state index contributed by atoms with van der Waals surface area (Å²) in [6.07, 6.45) is 11.1. The number of rotatable bonds is 7. The minimum Gasteiger partial charge on any atom is -0.384 e. The van der Waals surface area contributed by atoms with Gasteiger partial charge < -0.3 is 15.0 Å². The molecule has 0 aromatic rings. The Kier molecular flexibility index (Phi) is 7.18. The van der Waals surface area contributed by atoms with Crippen molar-refractivity contribution in [1.29, 1.82) is 0 Å². The fraction of sp³-hybridized carbons (Fsp3) is 1.00. The van der Waals surface area contributed by atoms with Crippen LogP contribution in [0.2, 0.25) is 0 Å². The molecule has 112 valence electrons. The summed E-state index contributed by atoms with van der Waals surface area (Å²) in [5.41, 5.74) is 0. The molecule has 1 N–H and O–H groups in total. The molecule has 0 amide bonds. The SMILES string of the molecule is COCC1CCN(CCCNC2CCCCC2)CC1. The number of hydrogen-bond acceptors (Lipinski definition) is 3. The molecular weight excluding hydrogens is 236 g/mol. The zero-order valence-electron chi connectivity index (χ0n) is 12.7. The maximum atomic E-state index is 5.25. The van der Waals surface area contributed by atoms with E-state index in [1.54, 1.807) is 0 Å². The van der Waals surface area contributed by atoms with Crippen LogP contribution in [0, 0.1) is 5.92 Å². The smallest absolute Gasteiger partial charge is 0.0491 e. The molecule has 1 aliphatic heterocycles.